The molecule has 0 amide bonds. The maximum Gasteiger partial charge on any atom is 0.259 e. The van der Waals surface area contributed by atoms with Crippen LogP contribution in [0.2, 0.25) is 0 Å². The first-order valence-electron chi connectivity index (χ1n) is 8.61. The molecular weight excluding hydrogens is 372 g/mol. The molecule has 3 aromatic rings. The van der Waals surface area contributed by atoms with Crippen molar-refractivity contribution in [1.29, 1.82) is 5.26 Å². The number of ether oxygens (including phenoxy) is 1. The molecule has 0 spiro atoms. The first kappa shape index (κ1) is 17.9. The lowest BCUT2D eigenvalue weighted by Gasteiger charge is -2.24. The van der Waals surface area contributed by atoms with E-state index < -0.39 is 5.92 Å². The van der Waals surface area contributed by atoms with E-state index in [1.165, 1.54) is 11.8 Å². The number of benzene rings is 2. The molecule has 3 N–H and O–H groups in total. The van der Waals surface area contributed by atoms with Crippen LogP contribution in [0, 0.1) is 11.3 Å². The van der Waals surface area contributed by atoms with Crippen LogP contribution in [0.4, 0.5) is 0 Å². The third-order valence-electron chi connectivity index (χ3n) is 4.42. The van der Waals surface area contributed by atoms with Crippen LogP contribution in [0.15, 0.2) is 82.1 Å². The summed E-state index contributed by atoms with van der Waals surface area (Å²) in [5.41, 5.74) is 8.03. The topological polar surface area (TPSA) is 105 Å². The van der Waals surface area contributed by atoms with Crippen LogP contribution in [0.25, 0.3) is 0 Å². The number of aromatic nitrogens is 2. The molecule has 4 rings (SSSR count). The SMILES string of the molecule is N#CC1=C(N)Oc2nc(SCc3ccccc3)[nH]c(=O)c2C1c1ccccc1. The molecule has 1 unspecified atom stereocenters. The van der Waals surface area contributed by atoms with Crippen molar-refractivity contribution in [3.8, 4) is 11.9 Å². The summed E-state index contributed by atoms with van der Waals surface area (Å²) in [7, 11) is 0. The molecule has 6 nitrogen and oxygen atoms in total. The molecular formula is C21H16N4O2S. The first-order valence-corrected chi connectivity index (χ1v) is 9.59. The molecule has 1 aliphatic rings. The van der Waals surface area contributed by atoms with Gasteiger partial charge in [-0.25, -0.2) is 0 Å². The number of aromatic amines is 1. The minimum absolute atomic E-state index is 0.0269. The number of nitrogens with zero attached hydrogens (tertiary/aromatic N) is 2. The number of hydrogen-bond acceptors (Lipinski definition) is 6. The fourth-order valence-electron chi connectivity index (χ4n) is 3.11. The molecule has 0 saturated carbocycles. The smallest absolute Gasteiger partial charge is 0.259 e. The Labute approximate surface area is 165 Å². The van der Waals surface area contributed by atoms with Crippen molar-refractivity contribution >= 4 is 11.8 Å². The zero-order valence-corrected chi connectivity index (χ0v) is 15.6. The monoisotopic (exact) mass is 388 g/mol. The zero-order chi connectivity index (χ0) is 19.5. The summed E-state index contributed by atoms with van der Waals surface area (Å²) in [5.74, 6) is 0.157. The summed E-state index contributed by atoms with van der Waals surface area (Å²) < 4.78 is 5.55. The molecule has 0 saturated heterocycles. The number of rotatable bonds is 4. The van der Waals surface area contributed by atoms with Gasteiger partial charge in [0.15, 0.2) is 5.16 Å². The summed E-state index contributed by atoms with van der Waals surface area (Å²) in [6.45, 7) is 0. The van der Waals surface area contributed by atoms with E-state index in [4.69, 9.17) is 10.5 Å². The van der Waals surface area contributed by atoms with Crippen molar-refractivity contribution in [2.75, 3.05) is 0 Å². The molecule has 0 bridgehead atoms. The second-order valence-electron chi connectivity index (χ2n) is 6.20. The summed E-state index contributed by atoms with van der Waals surface area (Å²) in [6, 6.07) is 21.2. The average Bonchev–Trinajstić information content (AvgIpc) is 2.72. The van der Waals surface area contributed by atoms with Gasteiger partial charge in [0.25, 0.3) is 5.56 Å². The van der Waals surface area contributed by atoms with Crippen molar-refractivity contribution < 1.29 is 4.74 Å². The molecule has 0 aliphatic carbocycles. The standard InChI is InChI=1S/C21H16N4O2S/c22-11-15-16(14-9-5-2-6-10-14)17-19(26)24-21(25-20(17)27-18(15)23)28-12-13-7-3-1-4-8-13/h1-10,16H,12,23H2,(H,24,25,26). The van der Waals surface area contributed by atoms with Gasteiger partial charge in [0.1, 0.15) is 11.6 Å². The van der Waals surface area contributed by atoms with Crippen molar-refractivity contribution in [3.63, 3.8) is 0 Å². The maximum absolute atomic E-state index is 12.9. The van der Waals surface area contributed by atoms with Crippen LogP contribution in [0.1, 0.15) is 22.6 Å². The normalized spacial score (nSPS) is 15.5. The number of nitrogens with one attached hydrogen (secondary N) is 1. The van der Waals surface area contributed by atoms with E-state index in [0.29, 0.717) is 16.5 Å². The second kappa shape index (κ2) is 7.62. The number of fused-ring (bicyclic) bond motifs is 1. The van der Waals surface area contributed by atoms with Gasteiger partial charge < -0.3 is 15.5 Å². The van der Waals surface area contributed by atoms with E-state index in [-0.39, 0.29) is 22.9 Å². The van der Waals surface area contributed by atoms with Gasteiger partial charge in [0.05, 0.1) is 11.5 Å². The molecule has 2 aromatic carbocycles. The van der Waals surface area contributed by atoms with Crippen molar-refractivity contribution in [2.45, 2.75) is 16.8 Å². The van der Waals surface area contributed by atoms with Crippen molar-refractivity contribution in [1.82, 2.24) is 9.97 Å². The summed E-state index contributed by atoms with van der Waals surface area (Å²) in [4.78, 5) is 20.1. The minimum Gasteiger partial charge on any atom is -0.422 e. The molecule has 1 atom stereocenters. The van der Waals surface area contributed by atoms with Crippen molar-refractivity contribution in [3.05, 3.63) is 99.2 Å². The number of nitrogens with two attached hydrogens (primary N) is 1. The Kier molecular flexibility index (Phi) is 4.87. The number of nitriles is 1. The van der Waals surface area contributed by atoms with Gasteiger partial charge in [-0.3, -0.25) is 4.79 Å². The van der Waals surface area contributed by atoms with E-state index in [2.05, 4.69) is 16.0 Å². The maximum atomic E-state index is 12.9. The fraction of sp³-hybridized carbons (Fsp3) is 0.0952. The van der Waals surface area contributed by atoms with Crippen LogP contribution in [0.3, 0.4) is 0 Å². The van der Waals surface area contributed by atoms with Crippen LogP contribution >= 0.6 is 11.8 Å². The summed E-state index contributed by atoms with van der Waals surface area (Å²) in [6.07, 6.45) is 0. The van der Waals surface area contributed by atoms with E-state index in [0.717, 1.165) is 11.1 Å². The van der Waals surface area contributed by atoms with Crippen LogP contribution in [0.5, 0.6) is 5.88 Å². The summed E-state index contributed by atoms with van der Waals surface area (Å²) in [5, 5.41) is 10.0. The van der Waals surface area contributed by atoms with Gasteiger partial charge in [-0.05, 0) is 11.1 Å². The lowest BCUT2D eigenvalue weighted by molar-refractivity contribution is 0.370. The molecule has 0 fully saturated rings. The van der Waals surface area contributed by atoms with E-state index in [1.54, 1.807) is 0 Å². The number of H-pyrrole nitrogens is 1. The number of thioether (sulfide) groups is 1. The van der Waals surface area contributed by atoms with Gasteiger partial charge in [-0.15, -0.1) is 0 Å². The molecule has 1 aromatic heterocycles. The zero-order valence-electron chi connectivity index (χ0n) is 14.8. The van der Waals surface area contributed by atoms with Crippen LogP contribution < -0.4 is 16.0 Å². The van der Waals surface area contributed by atoms with E-state index >= 15 is 0 Å². The minimum atomic E-state index is -0.612. The Bertz CT molecular complexity index is 1130. The number of hydrogen-bond donors (Lipinski definition) is 2. The Morgan fingerprint density at radius 2 is 1.82 bits per heavy atom. The molecule has 138 valence electrons. The Morgan fingerprint density at radius 3 is 2.50 bits per heavy atom. The lowest BCUT2D eigenvalue weighted by Crippen LogP contribution is -2.29. The van der Waals surface area contributed by atoms with E-state index in [1.807, 2.05) is 60.7 Å². The van der Waals surface area contributed by atoms with Gasteiger partial charge in [0, 0.05) is 5.75 Å². The third-order valence-corrected chi connectivity index (χ3v) is 5.36. The van der Waals surface area contributed by atoms with E-state index in [9.17, 15) is 10.1 Å². The summed E-state index contributed by atoms with van der Waals surface area (Å²) >= 11 is 1.40. The van der Waals surface area contributed by atoms with Crippen LogP contribution in [-0.2, 0) is 5.75 Å². The highest BCUT2D eigenvalue weighted by Crippen LogP contribution is 2.39. The molecule has 7 heteroatoms. The molecule has 1 aliphatic heterocycles. The first-order chi connectivity index (χ1) is 13.7. The molecule has 28 heavy (non-hydrogen) atoms. The third kappa shape index (κ3) is 3.38. The lowest BCUT2D eigenvalue weighted by atomic mass is 9.85. The highest BCUT2D eigenvalue weighted by Gasteiger charge is 2.34. The average molecular weight is 388 g/mol. The van der Waals surface area contributed by atoms with Crippen molar-refractivity contribution in [2.24, 2.45) is 5.73 Å². The molecule has 2 heterocycles. The fourth-order valence-corrected chi connectivity index (χ4v) is 3.92. The number of allylic oxidation sites excluding steroid dienone is 1. The predicted octanol–water partition coefficient (Wildman–Crippen LogP) is 3.28. The largest absolute Gasteiger partial charge is 0.422 e. The van der Waals surface area contributed by atoms with Gasteiger partial charge in [-0.1, -0.05) is 72.4 Å². The highest BCUT2D eigenvalue weighted by molar-refractivity contribution is 7.98. The van der Waals surface area contributed by atoms with Gasteiger partial charge in [0.2, 0.25) is 11.8 Å². The Hall–Kier alpha value is -3.50. The second-order valence-corrected chi connectivity index (χ2v) is 7.16. The predicted molar refractivity (Wildman–Crippen MR) is 107 cm³/mol. The highest BCUT2D eigenvalue weighted by atomic mass is 32.2. The Balaban J connectivity index is 1.74. The molecule has 0 radical (unpaired) electrons. The quantitative estimate of drug-likeness (QED) is 0.525. The van der Waals surface area contributed by atoms with Crippen LogP contribution in [-0.4, -0.2) is 9.97 Å². The van der Waals surface area contributed by atoms with Gasteiger partial charge in [-0.2, -0.15) is 10.2 Å². The Morgan fingerprint density at radius 1 is 1.14 bits per heavy atom. The van der Waals surface area contributed by atoms with Gasteiger partial charge >= 0.3 is 0 Å².